The van der Waals surface area contributed by atoms with Crippen LogP contribution in [-0.2, 0) is 33.3 Å². The van der Waals surface area contributed by atoms with Crippen LogP contribution < -0.4 is 17.2 Å². The lowest BCUT2D eigenvalue weighted by Crippen LogP contribution is -2.18. The number of unbranched alkanes of at least 4 members (excludes halogenated alkanes) is 3. The molecule has 0 radical (unpaired) electrons. The lowest BCUT2D eigenvalue weighted by Gasteiger charge is -2.09. The van der Waals surface area contributed by atoms with Gasteiger partial charge in [0.2, 0.25) is 0 Å². The Morgan fingerprint density at radius 1 is 0.667 bits per heavy atom. The summed E-state index contributed by atoms with van der Waals surface area (Å²) in [5.74, 6) is 0.996. The molecule has 0 unspecified atom stereocenters. The smallest absolute Gasteiger partial charge is 0.135 e. The van der Waals surface area contributed by atoms with Crippen LogP contribution in [0.15, 0.2) is 11.9 Å². The Hall–Kier alpha value is -1.56. The maximum Gasteiger partial charge on any atom is 0.135 e. The standard InChI is InChI=1S/C29H56N2O7.H3N/c1-25(2)24-37-15-13-29(33)10-8-6-5-7-9-28(32)12-11-27(30)23-31-14-16-34-17-18-35-19-20-36-21-22-38-26(3)4;/h23,25-26,31H,5-22,24,30H2,1-4H3;1H3/b27-23-;. The molecule has 0 aromatic rings. The number of nitrogens with one attached hydrogen (secondary N) is 1. The summed E-state index contributed by atoms with van der Waals surface area (Å²) in [5.41, 5.74) is 6.65. The highest BCUT2D eigenvalue weighted by Crippen LogP contribution is 2.10. The Balaban J connectivity index is 0. The van der Waals surface area contributed by atoms with Gasteiger partial charge >= 0.3 is 0 Å². The quantitative estimate of drug-likeness (QED) is 0.112. The van der Waals surface area contributed by atoms with Crippen molar-refractivity contribution in [1.29, 1.82) is 0 Å². The van der Waals surface area contributed by atoms with Crippen LogP contribution in [0.4, 0.5) is 0 Å². The highest BCUT2D eigenvalue weighted by Gasteiger charge is 2.05. The molecule has 39 heavy (non-hydrogen) atoms. The van der Waals surface area contributed by atoms with E-state index in [0.717, 1.165) is 25.7 Å². The van der Waals surface area contributed by atoms with Crippen LogP contribution in [0.1, 0.15) is 85.5 Å². The molecule has 232 valence electrons. The van der Waals surface area contributed by atoms with Gasteiger partial charge in [0.25, 0.3) is 0 Å². The Morgan fingerprint density at radius 2 is 1.21 bits per heavy atom. The van der Waals surface area contributed by atoms with E-state index in [0.29, 0.717) is 110 Å². The highest BCUT2D eigenvalue weighted by molar-refractivity contribution is 5.78. The van der Waals surface area contributed by atoms with Crippen LogP contribution in [0.3, 0.4) is 0 Å². The molecule has 0 aliphatic carbocycles. The number of ether oxygens (including phenoxy) is 5. The SMILES string of the molecule is CC(C)COCCC(=O)CCCCCCC(=O)CC/C(N)=C/NCCOCCOCCOCCOC(C)C.N. The molecule has 0 aliphatic rings. The Morgan fingerprint density at radius 3 is 1.77 bits per heavy atom. The molecule has 0 heterocycles. The van der Waals surface area contributed by atoms with Crippen LogP contribution in [0.25, 0.3) is 0 Å². The first kappa shape index (κ1) is 39.6. The molecule has 0 aromatic carbocycles. The van der Waals surface area contributed by atoms with Crippen molar-refractivity contribution in [2.75, 3.05) is 66.0 Å². The summed E-state index contributed by atoms with van der Waals surface area (Å²) in [7, 11) is 0. The number of carbonyl (C=O) groups excluding carboxylic acids is 2. The van der Waals surface area contributed by atoms with E-state index in [1.165, 1.54) is 0 Å². The molecule has 0 spiro atoms. The molecule has 0 rings (SSSR count). The number of Topliss-reactive ketones (excluding diaryl/α,β-unsaturated/α-hetero) is 2. The zero-order valence-corrected chi connectivity index (χ0v) is 25.3. The lowest BCUT2D eigenvalue weighted by molar-refractivity contribution is -0.120. The first-order chi connectivity index (χ1) is 18.3. The third-order valence-corrected chi connectivity index (χ3v) is 5.43. The number of nitrogens with two attached hydrogens (primary N) is 1. The fraction of sp³-hybridized carbons (Fsp3) is 0.862. The molecule has 10 heteroatoms. The summed E-state index contributed by atoms with van der Waals surface area (Å²) in [6.45, 7) is 13.9. The van der Waals surface area contributed by atoms with Gasteiger partial charge in [-0.15, -0.1) is 0 Å². The molecule has 0 bridgehead atoms. The van der Waals surface area contributed by atoms with Crippen molar-refractivity contribution in [2.45, 2.75) is 91.6 Å². The van der Waals surface area contributed by atoms with Gasteiger partial charge in [0.05, 0.1) is 59.0 Å². The van der Waals surface area contributed by atoms with Crippen molar-refractivity contribution in [1.82, 2.24) is 11.5 Å². The van der Waals surface area contributed by atoms with Gasteiger partial charge in [-0.3, -0.25) is 9.59 Å². The molecule has 10 nitrogen and oxygen atoms in total. The summed E-state index contributed by atoms with van der Waals surface area (Å²) in [6.07, 6.45) is 8.39. The van der Waals surface area contributed by atoms with E-state index < -0.39 is 0 Å². The number of allylic oxidation sites excluding steroid dienone is 1. The average Bonchev–Trinajstić information content (AvgIpc) is 2.87. The van der Waals surface area contributed by atoms with Crippen molar-refractivity contribution in [3.05, 3.63) is 11.9 Å². The first-order valence-corrected chi connectivity index (χ1v) is 14.4. The molecule has 0 saturated heterocycles. The van der Waals surface area contributed by atoms with Gasteiger partial charge in [-0.25, -0.2) is 0 Å². The second-order valence-corrected chi connectivity index (χ2v) is 10.1. The average molecular weight is 562 g/mol. The van der Waals surface area contributed by atoms with Gasteiger partial charge in [0.15, 0.2) is 0 Å². The van der Waals surface area contributed by atoms with Crippen LogP contribution in [0.5, 0.6) is 0 Å². The lowest BCUT2D eigenvalue weighted by atomic mass is 10.0. The summed E-state index contributed by atoms with van der Waals surface area (Å²) >= 11 is 0. The summed E-state index contributed by atoms with van der Waals surface area (Å²) < 4.78 is 27.2. The Bertz CT molecular complexity index is 601. The predicted molar refractivity (Wildman–Crippen MR) is 156 cm³/mol. The molecule has 0 aliphatic heterocycles. The third-order valence-electron chi connectivity index (χ3n) is 5.43. The molecule has 0 atom stereocenters. The van der Waals surface area contributed by atoms with E-state index in [9.17, 15) is 9.59 Å². The zero-order valence-electron chi connectivity index (χ0n) is 25.3. The molecule has 0 fully saturated rings. The van der Waals surface area contributed by atoms with Crippen molar-refractivity contribution in [3.63, 3.8) is 0 Å². The molecular formula is C29H59N3O7. The normalized spacial score (nSPS) is 11.7. The minimum Gasteiger partial charge on any atom is -0.401 e. The van der Waals surface area contributed by atoms with E-state index in [-0.39, 0.29) is 23.8 Å². The Kier molecular flexibility index (Phi) is 29.9. The molecule has 0 aromatic heterocycles. The van der Waals surface area contributed by atoms with Crippen LogP contribution >= 0.6 is 0 Å². The van der Waals surface area contributed by atoms with Crippen molar-refractivity contribution < 1.29 is 33.3 Å². The molecular weight excluding hydrogens is 502 g/mol. The van der Waals surface area contributed by atoms with Gasteiger partial charge in [-0.1, -0.05) is 26.7 Å². The summed E-state index contributed by atoms with van der Waals surface area (Å²) in [6, 6.07) is 0. The van der Waals surface area contributed by atoms with Gasteiger partial charge in [-0.05, 0) is 39.0 Å². The van der Waals surface area contributed by atoms with Gasteiger partial charge < -0.3 is 40.9 Å². The molecule has 6 N–H and O–H groups in total. The first-order valence-electron chi connectivity index (χ1n) is 14.4. The Labute approximate surface area is 237 Å². The van der Waals surface area contributed by atoms with E-state index in [2.05, 4.69) is 19.2 Å². The summed E-state index contributed by atoms with van der Waals surface area (Å²) in [4.78, 5) is 23.9. The molecule has 0 amide bonds. The fourth-order valence-electron chi connectivity index (χ4n) is 3.33. The maximum atomic E-state index is 12.1. The number of hydrogen-bond donors (Lipinski definition) is 3. The van der Waals surface area contributed by atoms with Gasteiger partial charge in [0, 0.05) is 50.7 Å². The zero-order chi connectivity index (χ0) is 28.3. The topological polar surface area (TPSA) is 153 Å². The van der Waals surface area contributed by atoms with E-state index >= 15 is 0 Å². The van der Waals surface area contributed by atoms with E-state index in [1.807, 2.05) is 13.8 Å². The van der Waals surface area contributed by atoms with Crippen LogP contribution in [-0.4, -0.2) is 83.7 Å². The summed E-state index contributed by atoms with van der Waals surface area (Å²) in [5, 5.41) is 3.11. The van der Waals surface area contributed by atoms with Crippen LogP contribution in [0.2, 0.25) is 0 Å². The van der Waals surface area contributed by atoms with Gasteiger partial charge in [0.1, 0.15) is 11.6 Å². The van der Waals surface area contributed by atoms with Crippen molar-refractivity contribution in [2.24, 2.45) is 11.7 Å². The van der Waals surface area contributed by atoms with Gasteiger partial charge in [-0.2, -0.15) is 0 Å². The second kappa shape index (κ2) is 29.4. The molecule has 0 saturated carbocycles. The third kappa shape index (κ3) is 32.5. The maximum absolute atomic E-state index is 12.1. The largest absolute Gasteiger partial charge is 0.401 e. The minimum absolute atomic E-state index is 0. The number of carbonyl (C=O) groups is 2. The van der Waals surface area contributed by atoms with E-state index in [1.54, 1.807) is 6.20 Å². The minimum atomic E-state index is 0. The monoisotopic (exact) mass is 561 g/mol. The van der Waals surface area contributed by atoms with Crippen molar-refractivity contribution >= 4 is 11.6 Å². The predicted octanol–water partition coefficient (Wildman–Crippen LogP) is 4.33. The fourth-order valence-corrected chi connectivity index (χ4v) is 3.33. The number of rotatable bonds is 29. The second-order valence-electron chi connectivity index (χ2n) is 10.1. The van der Waals surface area contributed by atoms with Crippen molar-refractivity contribution in [3.8, 4) is 0 Å². The number of ketones is 2. The number of hydrogen-bond acceptors (Lipinski definition) is 10. The van der Waals surface area contributed by atoms with E-state index in [4.69, 9.17) is 29.4 Å². The highest BCUT2D eigenvalue weighted by atomic mass is 16.6. The van der Waals surface area contributed by atoms with Crippen LogP contribution in [0, 0.1) is 5.92 Å².